The smallest absolute Gasteiger partial charge is 0.335 e. The van der Waals surface area contributed by atoms with Crippen molar-refractivity contribution in [3.63, 3.8) is 0 Å². The molecule has 0 saturated carbocycles. The first-order valence-electron chi connectivity index (χ1n) is 6.04. The molecule has 1 amide bonds. The number of amides is 1. The lowest BCUT2D eigenvalue weighted by Gasteiger charge is -2.05. The molecule has 0 saturated heterocycles. The van der Waals surface area contributed by atoms with E-state index >= 15 is 0 Å². The minimum absolute atomic E-state index is 0.206. The zero-order chi connectivity index (χ0) is 14.4. The third-order valence-electron chi connectivity index (χ3n) is 2.75. The molecule has 0 aliphatic heterocycles. The first-order valence-corrected chi connectivity index (χ1v) is 6.04. The average Bonchev–Trinajstić information content (AvgIpc) is 2.48. The van der Waals surface area contributed by atoms with Crippen LogP contribution in [0.15, 0.2) is 42.7 Å². The predicted molar refractivity (Wildman–Crippen MR) is 71.5 cm³/mol. The van der Waals surface area contributed by atoms with Gasteiger partial charge >= 0.3 is 5.97 Å². The van der Waals surface area contributed by atoms with Crippen molar-refractivity contribution in [3.8, 4) is 0 Å². The lowest BCUT2D eigenvalue weighted by Crippen LogP contribution is -2.25. The summed E-state index contributed by atoms with van der Waals surface area (Å²) in [6.07, 6.45) is 3.49. The van der Waals surface area contributed by atoms with Gasteiger partial charge in [0.25, 0.3) is 5.91 Å². The molecule has 0 aliphatic rings. The van der Waals surface area contributed by atoms with Gasteiger partial charge in [-0.05, 0) is 30.2 Å². The van der Waals surface area contributed by atoms with Crippen LogP contribution in [0.25, 0.3) is 0 Å². The first-order chi connectivity index (χ1) is 9.66. The number of carbonyl (C=O) groups excluding carboxylic acids is 1. The molecule has 0 spiro atoms. The highest BCUT2D eigenvalue weighted by molar-refractivity contribution is 5.93. The minimum atomic E-state index is -0.949. The predicted octanol–water partition coefficient (Wildman–Crippen LogP) is 1.15. The number of aromatic nitrogens is 2. The number of carboxylic acid groups (broad SMARTS) is 1. The number of carbonyl (C=O) groups is 2. The zero-order valence-electron chi connectivity index (χ0n) is 10.6. The SMILES string of the molecule is O=C(O)c1ccc(CCNC(=O)c2ccnnc2)cc1. The van der Waals surface area contributed by atoms with E-state index in [0.29, 0.717) is 18.5 Å². The van der Waals surface area contributed by atoms with Crippen LogP contribution in [0.1, 0.15) is 26.3 Å². The van der Waals surface area contributed by atoms with Gasteiger partial charge in [-0.25, -0.2) is 4.79 Å². The number of nitrogens with one attached hydrogen (secondary N) is 1. The molecule has 2 N–H and O–H groups in total. The Balaban J connectivity index is 1.84. The Morgan fingerprint density at radius 2 is 1.80 bits per heavy atom. The Morgan fingerprint density at radius 1 is 1.05 bits per heavy atom. The molecule has 2 aromatic rings. The van der Waals surface area contributed by atoms with Gasteiger partial charge in [0, 0.05) is 6.54 Å². The van der Waals surface area contributed by atoms with Gasteiger partial charge in [-0.2, -0.15) is 10.2 Å². The molecular formula is C14H13N3O3. The number of rotatable bonds is 5. The summed E-state index contributed by atoms with van der Waals surface area (Å²) in [7, 11) is 0. The molecule has 0 bridgehead atoms. The Bertz CT molecular complexity index is 597. The fourth-order valence-electron chi connectivity index (χ4n) is 1.66. The van der Waals surface area contributed by atoms with E-state index in [1.54, 1.807) is 30.3 Å². The van der Waals surface area contributed by atoms with Crippen molar-refractivity contribution in [2.45, 2.75) is 6.42 Å². The number of hydrogen-bond acceptors (Lipinski definition) is 4. The van der Waals surface area contributed by atoms with Crippen LogP contribution >= 0.6 is 0 Å². The van der Waals surface area contributed by atoms with E-state index in [1.165, 1.54) is 12.4 Å². The highest BCUT2D eigenvalue weighted by Crippen LogP contribution is 2.05. The first kappa shape index (κ1) is 13.7. The maximum Gasteiger partial charge on any atom is 0.335 e. The standard InChI is InChI=1S/C14H13N3O3/c18-13(12-6-8-16-17-9-12)15-7-5-10-1-3-11(4-2-10)14(19)20/h1-4,6,8-9H,5,7H2,(H,15,18)(H,19,20). The average molecular weight is 271 g/mol. The summed E-state index contributed by atoms with van der Waals surface area (Å²) >= 11 is 0. The second-order valence-corrected chi connectivity index (χ2v) is 4.14. The summed E-state index contributed by atoms with van der Waals surface area (Å²) in [5, 5.41) is 18.8. The molecule has 102 valence electrons. The molecule has 6 heteroatoms. The third kappa shape index (κ3) is 3.61. The number of aromatic carboxylic acids is 1. The van der Waals surface area contributed by atoms with E-state index in [4.69, 9.17) is 5.11 Å². The molecular weight excluding hydrogens is 258 g/mol. The van der Waals surface area contributed by atoms with Gasteiger partial charge < -0.3 is 10.4 Å². The van der Waals surface area contributed by atoms with Crippen LogP contribution in [0.4, 0.5) is 0 Å². The molecule has 0 unspecified atom stereocenters. The topological polar surface area (TPSA) is 92.2 Å². The van der Waals surface area contributed by atoms with Gasteiger partial charge in [-0.15, -0.1) is 0 Å². The molecule has 0 aliphatic carbocycles. The van der Waals surface area contributed by atoms with Crippen molar-refractivity contribution in [2.75, 3.05) is 6.54 Å². The number of benzene rings is 1. The summed E-state index contributed by atoms with van der Waals surface area (Å²) < 4.78 is 0. The zero-order valence-corrected chi connectivity index (χ0v) is 10.6. The van der Waals surface area contributed by atoms with Crippen molar-refractivity contribution < 1.29 is 14.7 Å². The molecule has 0 atom stereocenters. The molecule has 1 heterocycles. The van der Waals surface area contributed by atoms with E-state index < -0.39 is 5.97 Å². The fraction of sp³-hybridized carbons (Fsp3) is 0.143. The van der Waals surface area contributed by atoms with Gasteiger partial charge in [0.15, 0.2) is 0 Å². The fourth-order valence-corrected chi connectivity index (χ4v) is 1.66. The van der Waals surface area contributed by atoms with E-state index in [9.17, 15) is 9.59 Å². The highest BCUT2D eigenvalue weighted by atomic mass is 16.4. The van der Waals surface area contributed by atoms with Crippen molar-refractivity contribution in [1.82, 2.24) is 15.5 Å². The maximum atomic E-state index is 11.7. The minimum Gasteiger partial charge on any atom is -0.478 e. The summed E-state index contributed by atoms with van der Waals surface area (Å²) in [5.41, 5.74) is 1.67. The van der Waals surface area contributed by atoms with Crippen LogP contribution in [-0.4, -0.2) is 33.7 Å². The van der Waals surface area contributed by atoms with Crippen LogP contribution in [0.2, 0.25) is 0 Å². The normalized spacial score (nSPS) is 10.0. The quantitative estimate of drug-likeness (QED) is 0.851. The van der Waals surface area contributed by atoms with E-state index in [0.717, 1.165) is 5.56 Å². The molecule has 20 heavy (non-hydrogen) atoms. The highest BCUT2D eigenvalue weighted by Gasteiger charge is 2.05. The Labute approximate surface area is 115 Å². The van der Waals surface area contributed by atoms with E-state index in [1.807, 2.05) is 0 Å². The molecule has 2 rings (SSSR count). The van der Waals surface area contributed by atoms with Crippen molar-refractivity contribution in [3.05, 3.63) is 59.4 Å². The lowest BCUT2D eigenvalue weighted by atomic mass is 10.1. The Kier molecular flexibility index (Phi) is 4.39. The largest absolute Gasteiger partial charge is 0.478 e. The number of nitrogens with zero attached hydrogens (tertiary/aromatic N) is 2. The summed E-state index contributed by atoms with van der Waals surface area (Å²) in [5.74, 6) is -1.16. The lowest BCUT2D eigenvalue weighted by molar-refractivity contribution is 0.0696. The Hall–Kier alpha value is -2.76. The number of hydrogen-bond donors (Lipinski definition) is 2. The number of carboxylic acids is 1. The molecule has 0 fully saturated rings. The molecule has 6 nitrogen and oxygen atoms in total. The molecule has 1 aromatic carbocycles. The second kappa shape index (κ2) is 6.42. The van der Waals surface area contributed by atoms with E-state index in [-0.39, 0.29) is 11.5 Å². The van der Waals surface area contributed by atoms with E-state index in [2.05, 4.69) is 15.5 Å². The Morgan fingerprint density at radius 3 is 2.40 bits per heavy atom. The van der Waals surface area contributed by atoms with Gasteiger partial charge in [0.1, 0.15) is 0 Å². The van der Waals surface area contributed by atoms with Crippen LogP contribution in [-0.2, 0) is 6.42 Å². The third-order valence-corrected chi connectivity index (χ3v) is 2.75. The summed E-state index contributed by atoms with van der Waals surface area (Å²) in [6.45, 7) is 0.466. The maximum absolute atomic E-state index is 11.7. The van der Waals surface area contributed by atoms with Crippen molar-refractivity contribution in [1.29, 1.82) is 0 Å². The van der Waals surface area contributed by atoms with Crippen LogP contribution < -0.4 is 5.32 Å². The molecule has 1 aromatic heterocycles. The van der Waals surface area contributed by atoms with Gasteiger partial charge in [0.05, 0.1) is 23.5 Å². The second-order valence-electron chi connectivity index (χ2n) is 4.14. The summed E-state index contributed by atoms with van der Waals surface area (Å²) in [4.78, 5) is 22.4. The van der Waals surface area contributed by atoms with Crippen molar-refractivity contribution in [2.24, 2.45) is 0 Å². The van der Waals surface area contributed by atoms with Crippen molar-refractivity contribution >= 4 is 11.9 Å². The van der Waals surface area contributed by atoms with Gasteiger partial charge in [-0.3, -0.25) is 4.79 Å². The van der Waals surface area contributed by atoms with Gasteiger partial charge in [0.2, 0.25) is 0 Å². The molecule has 0 radical (unpaired) electrons. The monoisotopic (exact) mass is 271 g/mol. The van der Waals surface area contributed by atoms with Crippen LogP contribution in [0.3, 0.4) is 0 Å². The van der Waals surface area contributed by atoms with Crippen LogP contribution in [0, 0.1) is 0 Å². The van der Waals surface area contributed by atoms with Gasteiger partial charge in [-0.1, -0.05) is 12.1 Å². The van der Waals surface area contributed by atoms with Crippen LogP contribution in [0.5, 0.6) is 0 Å². The summed E-state index contributed by atoms with van der Waals surface area (Å²) in [6, 6.07) is 8.16.